The van der Waals surface area contributed by atoms with Crippen LogP contribution in [0.15, 0.2) is 30.3 Å². The van der Waals surface area contributed by atoms with Gasteiger partial charge in [-0.05, 0) is 51.0 Å². The van der Waals surface area contributed by atoms with E-state index in [1.165, 1.54) is 5.56 Å². The maximum atomic E-state index is 9.37. The fourth-order valence-corrected chi connectivity index (χ4v) is 2.13. The molecule has 1 nitrogen and oxygen atoms in total. The molecule has 0 saturated heterocycles. The highest BCUT2D eigenvalue weighted by molar-refractivity contribution is 5.19. The molecule has 0 radical (unpaired) electrons. The Morgan fingerprint density at radius 1 is 0.941 bits per heavy atom. The van der Waals surface area contributed by atoms with E-state index in [1.807, 2.05) is 13.8 Å². The average Bonchev–Trinajstić information content (AvgIpc) is 2.41. The molecule has 1 aromatic rings. The van der Waals surface area contributed by atoms with E-state index in [0.717, 1.165) is 25.7 Å². The fourth-order valence-electron chi connectivity index (χ4n) is 2.13. The first-order valence-corrected chi connectivity index (χ1v) is 6.34. The van der Waals surface area contributed by atoms with Gasteiger partial charge in [-0.1, -0.05) is 30.3 Å². The zero-order chi connectivity index (χ0) is 12.5. The van der Waals surface area contributed by atoms with Gasteiger partial charge in [0, 0.05) is 0 Å². The highest BCUT2D eigenvalue weighted by Crippen LogP contribution is 2.32. The van der Waals surface area contributed by atoms with E-state index >= 15 is 0 Å². The molecule has 1 aromatic carbocycles. The lowest BCUT2D eigenvalue weighted by Gasteiger charge is -2.25. The second-order valence-corrected chi connectivity index (χ2v) is 4.42. The van der Waals surface area contributed by atoms with Gasteiger partial charge in [0.25, 0.3) is 0 Å². The first-order chi connectivity index (χ1) is 8.27. The average molecular weight is 230 g/mol. The van der Waals surface area contributed by atoms with Crippen molar-refractivity contribution in [2.24, 2.45) is 0 Å². The van der Waals surface area contributed by atoms with Crippen LogP contribution in [0.4, 0.5) is 0 Å². The van der Waals surface area contributed by atoms with Crippen LogP contribution in [0, 0.1) is 11.8 Å². The molecule has 0 amide bonds. The van der Waals surface area contributed by atoms with Gasteiger partial charge in [-0.2, -0.15) is 0 Å². The second-order valence-electron chi connectivity index (χ2n) is 4.42. The van der Waals surface area contributed by atoms with E-state index in [9.17, 15) is 5.11 Å². The van der Waals surface area contributed by atoms with Gasteiger partial charge in [0.2, 0.25) is 0 Å². The molecule has 0 spiro atoms. The Hall–Kier alpha value is -1.26. The van der Waals surface area contributed by atoms with Gasteiger partial charge in [0.05, 0.1) is 6.10 Å². The molecule has 1 fully saturated rings. The van der Waals surface area contributed by atoms with Crippen LogP contribution < -0.4 is 0 Å². The monoisotopic (exact) mass is 230 g/mol. The second kappa shape index (κ2) is 7.92. The molecule has 1 saturated carbocycles. The molecule has 0 unspecified atom stereocenters. The molecular weight excluding hydrogens is 208 g/mol. The van der Waals surface area contributed by atoms with Crippen LogP contribution in [0.5, 0.6) is 0 Å². The lowest BCUT2D eigenvalue weighted by molar-refractivity contribution is 0.122. The molecule has 1 heteroatoms. The normalized spacial score (nSPS) is 22.8. The first kappa shape index (κ1) is 13.8. The van der Waals surface area contributed by atoms with Crippen LogP contribution in [-0.4, -0.2) is 11.2 Å². The Morgan fingerprint density at radius 3 is 1.94 bits per heavy atom. The fraction of sp³-hybridized carbons (Fsp3) is 0.500. The van der Waals surface area contributed by atoms with Crippen LogP contribution in [0.25, 0.3) is 0 Å². The minimum atomic E-state index is -0.0417. The zero-order valence-electron chi connectivity index (χ0n) is 10.8. The summed E-state index contributed by atoms with van der Waals surface area (Å²) in [6.07, 6.45) is 4.19. The van der Waals surface area contributed by atoms with Crippen LogP contribution in [0.1, 0.15) is 51.0 Å². The van der Waals surface area contributed by atoms with Crippen LogP contribution in [0.2, 0.25) is 0 Å². The summed E-state index contributed by atoms with van der Waals surface area (Å²) in [6.45, 7) is 3.64. The summed E-state index contributed by atoms with van der Waals surface area (Å²) in [4.78, 5) is 0. The van der Waals surface area contributed by atoms with Gasteiger partial charge in [-0.25, -0.2) is 0 Å². The summed E-state index contributed by atoms with van der Waals surface area (Å²) in [5, 5.41) is 9.37. The van der Waals surface area contributed by atoms with Gasteiger partial charge in [-0.15, -0.1) is 11.8 Å². The van der Waals surface area contributed by atoms with Crippen molar-refractivity contribution < 1.29 is 5.11 Å². The summed E-state index contributed by atoms with van der Waals surface area (Å²) in [7, 11) is 0. The Bertz CT molecular complexity index is 344. The highest BCUT2D eigenvalue weighted by atomic mass is 16.3. The number of hydrogen-bond acceptors (Lipinski definition) is 1. The smallest absolute Gasteiger partial charge is 0.0540 e. The number of aliphatic hydroxyl groups excluding tert-OH is 1. The summed E-state index contributed by atoms with van der Waals surface area (Å²) in [5.74, 6) is 6.05. The van der Waals surface area contributed by atoms with Crippen molar-refractivity contribution in [3.8, 4) is 11.8 Å². The summed E-state index contributed by atoms with van der Waals surface area (Å²) < 4.78 is 0. The van der Waals surface area contributed by atoms with E-state index in [2.05, 4.69) is 42.2 Å². The molecular formula is C16H22O. The Morgan fingerprint density at radius 2 is 1.47 bits per heavy atom. The molecule has 0 heterocycles. The van der Waals surface area contributed by atoms with E-state index in [0.29, 0.717) is 5.92 Å². The van der Waals surface area contributed by atoms with Crippen LogP contribution >= 0.6 is 0 Å². The molecule has 0 aromatic heterocycles. The Balaban J connectivity index is 0.000000317. The van der Waals surface area contributed by atoms with E-state index in [4.69, 9.17) is 0 Å². The van der Waals surface area contributed by atoms with Gasteiger partial charge in [0.1, 0.15) is 0 Å². The van der Waals surface area contributed by atoms with Crippen molar-refractivity contribution >= 4 is 0 Å². The molecule has 1 N–H and O–H groups in total. The SMILES string of the molecule is CC#CC.OC1CCC(c2ccccc2)CC1. The Labute approximate surface area is 105 Å². The van der Waals surface area contributed by atoms with E-state index in [-0.39, 0.29) is 6.10 Å². The highest BCUT2D eigenvalue weighted by Gasteiger charge is 2.19. The predicted octanol–water partition coefficient (Wildman–Crippen LogP) is 3.73. The van der Waals surface area contributed by atoms with E-state index < -0.39 is 0 Å². The molecule has 1 aliphatic carbocycles. The van der Waals surface area contributed by atoms with Gasteiger partial charge < -0.3 is 5.11 Å². The summed E-state index contributed by atoms with van der Waals surface area (Å²) in [6, 6.07) is 10.6. The minimum Gasteiger partial charge on any atom is -0.393 e. The predicted molar refractivity (Wildman–Crippen MR) is 72.8 cm³/mol. The molecule has 2 rings (SSSR count). The molecule has 17 heavy (non-hydrogen) atoms. The molecule has 1 aliphatic rings. The standard InChI is InChI=1S/C12H16O.C4H6/c13-12-8-6-11(7-9-12)10-4-2-1-3-5-10;1-3-4-2/h1-5,11-13H,6-9H2;1-2H3. The van der Waals surface area contributed by atoms with Crippen molar-refractivity contribution in [1.82, 2.24) is 0 Å². The summed E-state index contributed by atoms with van der Waals surface area (Å²) >= 11 is 0. The molecule has 0 aliphatic heterocycles. The molecule has 92 valence electrons. The molecule has 0 bridgehead atoms. The number of aliphatic hydroxyl groups is 1. The van der Waals surface area contributed by atoms with E-state index in [1.54, 1.807) is 0 Å². The van der Waals surface area contributed by atoms with Crippen LogP contribution in [0.3, 0.4) is 0 Å². The third-order valence-electron chi connectivity index (χ3n) is 3.22. The zero-order valence-corrected chi connectivity index (χ0v) is 10.8. The van der Waals surface area contributed by atoms with Gasteiger partial charge in [-0.3, -0.25) is 0 Å². The number of rotatable bonds is 1. The summed E-state index contributed by atoms with van der Waals surface area (Å²) in [5.41, 5.74) is 1.44. The first-order valence-electron chi connectivity index (χ1n) is 6.34. The maximum absolute atomic E-state index is 9.37. The van der Waals surface area contributed by atoms with Crippen molar-refractivity contribution in [3.63, 3.8) is 0 Å². The Kier molecular flexibility index (Phi) is 6.43. The van der Waals surface area contributed by atoms with Gasteiger partial charge >= 0.3 is 0 Å². The van der Waals surface area contributed by atoms with Crippen molar-refractivity contribution in [2.75, 3.05) is 0 Å². The largest absolute Gasteiger partial charge is 0.393 e. The van der Waals surface area contributed by atoms with Crippen molar-refractivity contribution in [3.05, 3.63) is 35.9 Å². The lowest BCUT2D eigenvalue weighted by Crippen LogP contribution is -2.16. The quantitative estimate of drug-likeness (QED) is 0.729. The van der Waals surface area contributed by atoms with Crippen LogP contribution in [-0.2, 0) is 0 Å². The van der Waals surface area contributed by atoms with Crippen molar-refractivity contribution in [1.29, 1.82) is 0 Å². The minimum absolute atomic E-state index is 0.0417. The van der Waals surface area contributed by atoms with Crippen molar-refractivity contribution in [2.45, 2.75) is 51.6 Å². The lowest BCUT2D eigenvalue weighted by atomic mass is 9.83. The van der Waals surface area contributed by atoms with Gasteiger partial charge in [0.15, 0.2) is 0 Å². The molecule has 0 atom stereocenters. The third-order valence-corrected chi connectivity index (χ3v) is 3.22. The third kappa shape index (κ3) is 5.06. The maximum Gasteiger partial charge on any atom is 0.0540 e. The number of benzene rings is 1. The number of hydrogen-bond donors (Lipinski definition) is 1. The topological polar surface area (TPSA) is 20.2 Å².